The SMILES string of the molecule is Cc1cnc2c(n1)C(C)CCC2(C)C. The number of aryl methyl sites for hydroxylation is 1. The lowest BCUT2D eigenvalue weighted by molar-refractivity contribution is 0.382. The van der Waals surface area contributed by atoms with Crippen molar-refractivity contribution in [1.29, 1.82) is 0 Å². The standard InChI is InChI=1S/C12H18N2/c1-8-5-6-12(3,4)11-10(8)14-9(2)7-13-11/h7-8H,5-6H2,1-4H3. The number of rotatable bonds is 0. The van der Waals surface area contributed by atoms with Gasteiger partial charge < -0.3 is 0 Å². The number of hydrogen-bond donors (Lipinski definition) is 0. The summed E-state index contributed by atoms with van der Waals surface area (Å²) in [5.41, 5.74) is 3.68. The van der Waals surface area contributed by atoms with Crippen molar-refractivity contribution >= 4 is 0 Å². The Labute approximate surface area is 85.8 Å². The van der Waals surface area contributed by atoms with E-state index >= 15 is 0 Å². The predicted octanol–water partition coefficient (Wildman–Crippen LogP) is 2.96. The van der Waals surface area contributed by atoms with E-state index in [1.54, 1.807) is 0 Å². The van der Waals surface area contributed by atoms with Crippen LogP contribution in [-0.2, 0) is 5.41 Å². The van der Waals surface area contributed by atoms with Gasteiger partial charge in [0.1, 0.15) is 0 Å². The average Bonchev–Trinajstić information content (AvgIpc) is 2.12. The van der Waals surface area contributed by atoms with Gasteiger partial charge in [-0.05, 0) is 19.8 Å². The van der Waals surface area contributed by atoms with E-state index in [1.807, 2.05) is 13.1 Å². The average molecular weight is 190 g/mol. The van der Waals surface area contributed by atoms with Crippen LogP contribution in [0.25, 0.3) is 0 Å². The Kier molecular flexibility index (Phi) is 2.09. The first-order valence-corrected chi connectivity index (χ1v) is 5.35. The lowest BCUT2D eigenvalue weighted by Gasteiger charge is -2.33. The third-order valence-electron chi connectivity index (χ3n) is 3.23. The summed E-state index contributed by atoms with van der Waals surface area (Å²) in [4.78, 5) is 9.19. The van der Waals surface area contributed by atoms with E-state index in [0.717, 1.165) is 5.69 Å². The van der Waals surface area contributed by atoms with Gasteiger partial charge in [-0.1, -0.05) is 20.8 Å². The Hall–Kier alpha value is -0.920. The van der Waals surface area contributed by atoms with Gasteiger partial charge in [0, 0.05) is 17.5 Å². The van der Waals surface area contributed by atoms with E-state index in [-0.39, 0.29) is 5.41 Å². The molecule has 0 radical (unpaired) electrons. The minimum Gasteiger partial charge on any atom is -0.257 e. The molecule has 14 heavy (non-hydrogen) atoms. The van der Waals surface area contributed by atoms with Gasteiger partial charge >= 0.3 is 0 Å². The Morgan fingerprint density at radius 1 is 1.43 bits per heavy atom. The summed E-state index contributed by atoms with van der Waals surface area (Å²) in [5, 5.41) is 0. The van der Waals surface area contributed by atoms with Crippen molar-refractivity contribution in [2.45, 2.75) is 51.9 Å². The van der Waals surface area contributed by atoms with Crippen LogP contribution >= 0.6 is 0 Å². The molecule has 1 atom stereocenters. The van der Waals surface area contributed by atoms with E-state index in [1.165, 1.54) is 24.2 Å². The van der Waals surface area contributed by atoms with Gasteiger partial charge in [0.2, 0.25) is 0 Å². The van der Waals surface area contributed by atoms with E-state index in [4.69, 9.17) is 0 Å². The minimum absolute atomic E-state index is 0.211. The molecule has 1 aliphatic rings. The van der Waals surface area contributed by atoms with Crippen LogP contribution in [0.3, 0.4) is 0 Å². The predicted molar refractivity (Wildman–Crippen MR) is 57.4 cm³/mol. The summed E-state index contributed by atoms with van der Waals surface area (Å²) in [5.74, 6) is 0.574. The van der Waals surface area contributed by atoms with Crippen molar-refractivity contribution in [2.24, 2.45) is 0 Å². The van der Waals surface area contributed by atoms with Crippen LogP contribution in [0.2, 0.25) is 0 Å². The van der Waals surface area contributed by atoms with E-state index < -0.39 is 0 Å². The summed E-state index contributed by atoms with van der Waals surface area (Å²) in [6.45, 7) is 8.80. The molecule has 0 fully saturated rings. The molecule has 0 bridgehead atoms. The van der Waals surface area contributed by atoms with Crippen LogP contribution < -0.4 is 0 Å². The van der Waals surface area contributed by atoms with Gasteiger partial charge in [0.25, 0.3) is 0 Å². The molecule has 0 saturated carbocycles. The van der Waals surface area contributed by atoms with Gasteiger partial charge in [0.15, 0.2) is 0 Å². The first kappa shape index (κ1) is 9.63. The smallest absolute Gasteiger partial charge is 0.0677 e. The number of nitrogens with zero attached hydrogens (tertiary/aromatic N) is 2. The van der Waals surface area contributed by atoms with Gasteiger partial charge in [0.05, 0.1) is 17.1 Å². The Morgan fingerprint density at radius 2 is 2.14 bits per heavy atom. The second kappa shape index (κ2) is 3.04. The lowest BCUT2D eigenvalue weighted by atomic mass is 9.74. The van der Waals surface area contributed by atoms with Crippen molar-refractivity contribution in [1.82, 2.24) is 9.97 Å². The maximum Gasteiger partial charge on any atom is 0.0677 e. The molecule has 2 nitrogen and oxygen atoms in total. The zero-order chi connectivity index (χ0) is 10.3. The van der Waals surface area contributed by atoms with Gasteiger partial charge in [-0.3, -0.25) is 9.97 Å². The third kappa shape index (κ3) is 1.43. The maximum absolute atomic E-state index is 4.63. The highest BCUT2D eigenvalue weighted by molar-refractivity contribution is 5.27. The molecule has 0 saturated heterocycles. The first-order chi connectivity index (χ1) is 6.50. The topological polar surface area (TPSA) is 25.8 Å². The first-order valence-electron chi connectivity index (χ1n) is 5.35. The molecule has 0 aromatic carbocycles. The summed E-state index contributed by atoms with van der Waals surface area (Å²) in [7, 11) is 0. The lowest BCUT2D eigenvalue weighted by Crippen LogP contribution is -2.28. The second-order valence-electron chi connectivity index (χ2n) is 5.07. The zero-order valence-corrected chi connectivity index (χ0v) is 9.46. The largest absolute Gasteiger partial charge is 0.257 e. The van der Waals surface area contributed by atoms with Crippen molar-refractivity contribution in [3.05, 3.63) is 23.3 Å². The molecule has 0 N–H and O–H groups in total. The quantitative estimate of drug-likeness (QED) is 0.628. The minimum atomic E-state index is 0.211. The monoisotopic (exact) mass is 190 g/mol. The molecule has 2 rings (SSSR count). The highest BCUT2D eigenvalue weighted by Crippen LogP contribution is 2.39. The summed E-state index contributed by atoms with van der Waals surface area (Å²) in [6.07, 6.45) is 4.34. The van der Waals surface area contributed by atoms with E-state index in [0.29, 0.717) is 5.92 Å². The fourth-order valence-electron chi connectivity index (χ4n) is 2.19. The Balaban J connectivity index is 2.57. The van der Waals surface area contributed by atoms with Crippen LogP contribution in [0, 0.1) is 6.92 Å². The molecule has 1 aromatic heterocycles. The summed E-state index contributed by atoms with van der Waals surface area (Å²) in [6, 6.07) is 0. The van der Waals surface area contributed by atoms with Crippen molar-refractivity contribution in [3.63, 3.8) is 0 Å². The maximum atomic E-state index is 4.63. The molecule has 1 aromatic rings. The highest BCUT2D eigenvalue weighted by atomic mass is 14.8. The fourth-order valence-corrected chi connectivity index (χ4v) is 2.19. The van der Waals surface area contributed by atoms with Gasteiger partial charge in [-0.25, -0.2) is 0 Å². The molecule has 1 aliphatic carbocycles. The number of aromatic nitrogens is 2. The van der Waals surface area contributed by atoms with Gasteiger partial charge in [-0.2, -0.15) is 0 Å². The van der Waals surface area contributed by atoms with Crippen molar-refractivity contribution in [3.8, 4) is 0 Å². The molecular weight excluding hydrogens is 172 g/mol. The van der Waals surface area contributed by atoms with Crippen molar-refractivity contribution < 1.29 is 0 Å². The van der Waals surface area contributed by atoms with E-state index in [9.17, 15) is 0 Å². The second-order valence-corrected chi connectivity index (χ2v) is 5.07. The van der Waals surface area contributed by atoms with Crippen LogP contribution in [0.1, 0.15) is 56.6 Å². The molecule has 0 aliphatic heterocycles. The molecule has 0 spiro atoms. The molecule has 1 heterocycles. The van der Waals surface area contributed by atoms with Crippen LogP contribution in [0.4, 0.5) is 0 Å². The number of hydrogen-bond acceptors (Lipinski definition) is 2. The fraction of sp³-hybridized carbons (Fsp3) is 0.667. The highest BCUT2D eigenvalue weighted by Gasteiger charge is 2.33. The molecule has 2 heteroatoms. The molecular formula is C12H18N2. The Bertz CT molecular complexity index is 355. The van der Waals surface area contributed by atoms with Gasteiger partial charge in [-0.15, -0.1) is 0 Å². The zero-order valence-electron chi connectivity index (χ0n) is 9.46. The van der Waals surface area contributed by atoms with E-state index in [2.05, 4.69) is 30.7 Å². The number of fused-ring (bicyclic) bond motifs is 1. The summed E-state index contributed by atoms with van der Waals surface area (Å²) >= 11 is 0. The van der Waals surface area contributed by atoms with Crippen LogP contribution in [0.15, 0.2) is 6.20 Å². The normalized spacial score (nSPS) is 24.4. The molecule has 0 amide bonds. The van der Waals surface area contributed by atoms with Crippen LogP contribution in [-0.4, -0.2) is 9.97 Å². The van der Waals surface area contributed by atoms with Crippen molar-refractivity contribution in [2.75, 3.05) is 0 Å². The molecule has 1 unspecified atom stereocenters. The third-order valence-corrected chi connectivity index (χ3v) is 3.23. The summed E-state index contributed by atoms with van der Waals surface area (Å²) < 4.78 is 0. The Morgan fingerprint density at radius 3 is 2.86 bits per heavy atom. The van der Waals surface area contributed by atoms with Crippen LogP contribution in [0.5, 0.6) is 0 Å². The molecule has 76 valence electrons.